The average Bonchev–Trinajstić information content (AvgIpc) is 2.91. The van der Waals surface area contributed by atoms with Gasteiger partial charge in [0.05, 0.1) is 6.21 Å². The zero-order valence-electron chi connectivity index (χ0n) is 11.5. The number of anilines is 1. The number of hydrogen-bond acceptors (Lipinski definition) is 2. The van der Waals surface area contributed by atoms with Crippen molar-refractivity contribution in [3.63, 3.8) is 0 Å². The Balaban J connectivity index is 1.66. The first kappa shape index (κ1) is 14.7. The summed E-state index contributed by atoms with van der Waals surface area (Å²) in [6.45, 7) is 0. The van der Waals surface area contributed by atoms with Gasteiger partial charge in [-0.3, -0.25) is 5.43 Å². The molecule has 1 aromatic heterocycles. The van der Waals surface area contributed by atoms with Gasteiger partial charge in [-0.15, -0.1) is 0 Å². The van der Waals surface area contributed by atoms with E-state index in [1.54, 1.807) is 6.21 Å². The van der Waals surface area contributed by atoms with E-state index in [-0.39, 0.29) is 0 Å². The lowest BCUT2D eigenvalue weighted by atomic mass is 10.2. The summed E-state index contributed by atoms with van der Waals surface area (Å²) in [5, 5.41) is 8.78. The standard InChI is InChI=1S/C16H13BrN4S/c17-12-6-7-15-14(8-12)11(9-18-15)10-19-21-16(22)20-13-4-2-1-3-5-13/h1-10,18H,(H2,20,21,22)/b19-10-. The van der Waals surface area contributed by atoms with E-state index >= 15 is 0 Å². The number of thiocarbonyl (C=S) groups is 1. The van der Waals surface area contributed by atoms with Crippen LogP contribution in [0.5, 0.6) is 0 Å². The normalized spacial score (nSPS) is 11.0. The molecule has 0 amide bonds. The molecule has 3 N–H and O–H groups in total. The largest absolute Gasteiger partial charge is 0.361 e. The van der Waals surface area contributed by atoms with Gasteiger partial charge < -0.3 is 10.3 Å². The number of hydrogen-bond donors (Lipinski definition) is 3. The monoisotopic (exact) mass is 372 g/mol. The van der Waals surface area contributed by atoms with Crippen LogP contribution >= 0.6 is 28.1 Å². The zero-order chi connectivity index (χ0) is 15.4. The van der Waals surface area contributed by atoms with Gasteiger partial charge >= 0.3 is 0 Å². The van der Waals surface area contributed by atoms with Gasteiger partial charge in [-0.25, -0.2) is 0 Å². The minimum atomic E-state index is 0.448. The SMILES string of the molecule is S=C(N/N=C\c1c[nH]c2ccc(Br)cc12)Nc1ccccc1. The number of halogens is 1. The molecule has 0 saturated heterocycles. The minimum Gasteiger partial charge on any atom is -0.361 e. The van der Waals surface area contributed by atoms with E-state index < -0.39 is 0 Å². The highest BCUT2D eigenvalue weighted by Crippen LogP contribution is 2.21. The number of aromatic amines is 1. The van der Waals surface area contributed by atoms with Crippen LogP contribution in [0.15, 0.2) is 64.3 Å². The van der Waals surface area contributed by atoms with Crippen LogP contribution in [0.1, 0.15) is 5.56 Å². The summed E-state index contributed by atoms with van der Waals surface area (Å²) >= 11 is 8.67. The van der Waals surface area contributed by atoms with Crippen molar-refractivity contribution in [1.82, 2.24) is 10.4 Å². The second kappa shape index (κ2) is 6.72. The molecule has 0 aliphatic heterocycles. The molecule has 4 nitrogen and oxygen atoms in total. The molecule has 0 spiro atoms. The van der Waals surface area contributed by atoms with Gasteiger partial charge in [0, 0.05) is 32.8 Å². The van der Waals surface area contributed by atoms with E-state index in [0.29, 0.717) is 5.11 Å². The first-order valence-electron chi connectivity index (χ1n) is 6.64. The highest BCUT2D eigenvalue weighted by molar-refractivity contribution is 9.10. The van der Waals surface area contributed by atoms with Crippen molar-refractivity contribution in [2.75, 3.05) is 5.32 Å². The lowest BCUT2D eigenvalue weighted by Crippen LogP contribution is -2.23. The van der Waals surface area contributed by atoms with Crippen molar-refractivity contribution in [3.05, 3.63) is 64.8 Å². The summed E-state index contributed by atoms with van der Waals surface area (Å²) in [6, 6.07) is 15.8. The molecular weight excluding hydrogens is 360 g/mol. The summed E-state index contributed by atoms with van der Waals surface area (Å²) in [5.41, 5.74) is 5.79. The lowest BCUT2D eigenvalue weighted by Gasteiger charge is -2.05. The molecule has 3 rings (SSSR count). The van der Waals surface area contributed by atoms with Gasteiger partial charge in [0.15, 0.2) is 5.11 Å². The number of benzene rings is 2. The summed E-state index contributed by atoms with van der Waals surface area (Å²) in [7, 11) is 0. The predicted octanol–water partition coefficient (Wildman–Crippen LogP) is 4.25. The molecule has 0 radical (unpaired) electrons. The van der Waals surface area contributed by atoms with Gasteiger partial charge in [-0.2, -0.15) is 5.10 Å². The number of nitrogens with zero attached hydrogens (tertiary/aromatic N) is 1. The molecule has 0 saturated carbocycles. The fourth-order valence-corrected chi connectivity index (χ4v) is 2.59. The number of hydrazone groups is 1. The highest BCUT2D eigenvalue weighted by Gasteiger charge is 2.02. The maximum absolute atomic E-state index is 5.20. The average molecular weight is 373 g/mol. The highest BCUT2D eigenvalue weighted by atomic mass is 79.9. The second-order valence-corrected chi connectivity index (χ2v) is 5.95. The molecular formula is C16H13BrN4S. The van der Waals surface area contributed by atoms with Crippen LogP contribution < -0.4 is 10.7 Å². The maximum Gasteiger partial charge on any atom is 0.191 e. The number of para-hydroxylation sites is 1. The summed E-state index contributed by atoms with van der Waals surface area (Å²) in [6.07, 6.45) is 3.65. The molecule has 0 bridgehead atoms. The fraction of sp³-hybridized carbons (Fsp3) is 0. The van der Waals surface area contributed by atoms with E-state index in [9.17, 15) is 0 Å². The summed E-state index contributed by atoms with van der Waals surface area (Å²) in [5.74, 6) is 0. The Bertz CT molecular complexity index is 827. The van der Waals surface area contributed by atoms with Crippen LogP contribution in [-0.4, -0.2) is 16.3 Å². The minimum absolute atomic E-state index is 0.448. The van der Waals surface area contributed by atoms with Crippen LogP contribution in [0.25, 0.3) is 10.9 Å². The molecule has 2 aromatic carbocycles. The Morgan fingerprint density at radius 1 is 1.18 bits per heavy atom. The summed E-state index contributed by atoms with van der Waals surface area (Å²) < 4.78 is 1.03. The molecule has 0 fully saturated rings. The second-order valence-electron chi connectivity index (χ2n) is 4.62. The van der Waals surface area contributed by atoms with Crippen LogP contribution in [0.4, 0.5) is 5.69 Å². The van der Waals surface area contributed by atoms with Gasteiger partial charge in [0.1, 0.15) is 0 Å². The van der Waals surface area contributed by atoms with Crippen molar-refractivity contribution >= 4 is 56.1 Å². The molecule has 0 atom stereocenters. The van der Waals surface area contributed by atoms with Crippen LogP contribution in [0, 0.1) is 0 Å². The molecule has 0 aliphatic rings. The number of aromatic nitrogens is 1. The Kier molecular flexibility index (Phi) is 4.50. The van der Waals surface area contributed by atoms with Gasteiger partial charge in [-0.1, -0.05) is 34.1 Å². The Hall–Kier alpha value is -2.18. The molecule has 0 unspecified atom stereocenters. The number of H-pyrrole nitrogens is 1. The first-order chi connectivity index (χ1) is 10.7. The third-order valence-corrected chi connectivity index (χ3v) is 3.76. The molecule has 110 valence electrons. The molecule has 22 heavy (non-hydrogen) atoms. The van der Waals surface area contributed by atoms with Crippen molar-refractivity contribution in [2.45, 2.75) is 0 Å². The molecule has 6 heteroatoms. The van der Waals surface area contributed by atoms with Gasteiger partial charge in [0.25, 0.3) is 0 Å². The van der Waals surface area contributed by atoms with Crippen molar-refractivity contribution in [1.29, 1.82) is 0 Å². The van der Waals surface area contributed by atoms with Gasteiger partial charge in [0.2, 0.25) is 0 Å². The Morgan fingerprint density at radius 3 is 2.82 bits per heavy atom. The smallest absolute Gasteiger partial charge is 0.191 e. The van der Waals surface area contributed by atoms with E-state index in [1.165, 1.54) is 0 Å². The van der Waals surface area contributed by atoms with E-state index in [1.807, 2.05) is 54.7 Å². The van der Waals surface area contributed by atoms with Crippen molar-refractivity contribution in [3.8, 4) is 0 Å². The zero-order valence-corrected chi connectivity index (χ0v) is 13.9. The van der Waals surface area contributed by atoms with Crippen LogP contribution in [0.3, 0.4) is 0 Å². The molecule has 1 heterocycles. The number of fused-ring (bicyclic) bond motifs is 1. The van der Waals surface area contributed by atoms with E-state index in [4.69, 9.17) is 12.2 Å². The lowest BCUT2D eigenvalue weighted by molar-refractivity contribution is 1.05. The maximum atomic E-state index is 5.20. The Labute approximate surface area is 141 Å². The van der Waals surface area contributed by atoms with Crippen molar-refractivity contribution in [2.24, 2.45) is 5.10 Å². The van der Waals surface area contributed by atoms with E-state index in [2.05, 4.69) is 36.8 Å². The first-order valence-corrected chi connectivity index (χ1v) is 7.84. The predicted molar refractivity (Wildman–Crippen MR) is 99.4 cm³/mol. The van der Waals surface area contributed by atoms with Gasteiger partial charge in [-0.05, 0) is 42.5 Å². The number of nitrogens with one attached hydrogen (secondary N) is 3. The number of rotatable bonds is 3. The topological polar surface area (TPSA) is 52.2 Å². The van der Waals surface area contributed by atoms with Crippen LogP contribution in [0.2, 0.25) is 0 Å². The Morgan fingerprint density at radius 2 is 2.00 bits per heavy atom. The van der Waals surface area contributed by atoms with Crippen molar-refractivity contribution < 1.29 is 0 Å². The quantitative estimate of drug-likeness (QED) is 0.366. The third kappa shape index (κ3) is 3.52. The molecule has 0 aliphatic carbocycles. The molecule has 3 aromatic rings. The van der Waals surface area contributed by atoms with Crippen LogP contribution in [-0.2, 0) is 0 Å². The van der Waals surface area contributed by atoms with E-state index in [0.717, 1.165) is 26.6 Å². The fourth-order valence-electron chi connectivity index (χ4n) is 2.06. The third-order valence-electron chi connectivity index (χ3n) is 3.08. The summed E-state index contributed by atoms with van der Waals surface area (Å²) in [4.78, 5) is 3.21.